The summed E-state index contributed by atoms with van der Waals surface area (Å²) in [4.78, 5) is 59.9. The summed E-state index contributed by atoms with van der Waals surface area (Å²) < 4.78 is 9.66. The van der Waals surface area contributed by atoms with Gasteiger partial charge < -0.3 is 29.9 Å². The van der Waals surface area contributed by atoms with Gasteiger partial charge in [0.05, 0.1) is 36.2 Å². The summed E-state index contributed by atoms with van der Waals surface area (Å²) in [6.45, 7) is 5.64. The number of para-hydroxylation sites is 1. The zero-order chi connectivity index (χ0) is 39.5. The predicted octanol–water partition coefficient (Wildman–Crippen LogP) is 6.57. The normalized spacial score (nSPS) is 15.4. The molecule has 1 fully saturated rings. The number of hydrogen-bond donors (Lipinski definition) is 3. The van der Waals surface area contributed by atoms with Crippen molar-refractivity contribution in [2.24, 2.45) is 0 Å². The van der Waals surface area contributed by atoms with E-state index in [1.807, 2.05) is 11.8 Å². The number of esters is 2. The van der Waals surface area contributed by atoms with E-state index in [4.69, 9.17) is 19.7 Å². The molecule has 0 spiro atoms. The van der Waals surface area contributed by atoms with Crippen molar-refractivity contribution in [1.82, 2.24) is 10.2 Å². The Hall–Kier alpha value is -5.99. The molecule has 3 aromatic rings. The number of carbonyl (C=O) groups excluding carboxylic acids is 2. The zero-order valence-corrected chi connectivity index (χ0v) is 31.3. The van der Waals surface area contributed by atoms with Crippen molar-refractivity contribution in [3.63, 3.8) is 0 Å². The molecule has 13 nitrogen and oxygen atoms in total. The maximum atomic E-state index is 12.3. The van der Waals surface area contributed by atoms with Crippen LogP contribution in [-0.4, -0.2) is 78.3 Å². The van der Waals surface area contributed by atoms with Crippen molar-refractivity contribution in [1.29, 1.82) is 0 Å². The van der Waals surface area contributed by atoms with Crippen molar-refractivity contribution in [3.8, 4) is 0 Å². The second kappa shape index (κ2) is 18.7. The molecule has 3 N–H and O–H groups in total. The molecule has 282 valence electrons. The highest BCUT2D eigenvalue weighted by Gasteiger charge is 2.40. The molecule has 0 radical (unpaired) electrons. The van der Waals surface area contributed by atoms with E-state index in [9.17, 15) is 29.3 Å². The van der Waals surface area contributed by atoms with Gasteiger partial charge in [0.25, 0.3) is 5.69 Å². The highest BCUT2D eigenvalue weighted by atomic mass is 32.2. The van der Waals surface area contributed by atoms with Crippen LogP contribution >= 0.6 is 11.8 Å². The summed E-state index contributed by atoms with van der Waals surface area (Å²) in [5, 5.41) is 30.0. The number of rotatable bonds is 6. The van der Waals surface area contributed by atoms with Crippen LogP contribution in [0.2, 0.25) is 0 Å². The van der Waals surface area contributed by atoms with Crippen molar-refractivity contribution in [2.45, 2.75) is 42.4 Å². The second-order valence-corrected chi connectivity index (χ2v) is 13.4. The minimum Gasteiger partial charge on any atom is -0.478 e. The summed E-state index contributed by atoms with van der Waals surface area (Å²) in [5.41, 5.74) is 7.19. The summed E-state index contributed by atoms with van der Waals surface area (Å²) in [7, 11) is 4.64. The van der Waals surface area contributed by atoms with E-state index in [1.165, 1.54) is 84.8 Å². The molecule has 0 bridgehead atoms. The quantitative estimate of drug-likeness (QED) is 0.0832. The SMILES string of the molecule is CN1CCC(=C2c3ccccc3Sc3ccccc32)CC1.COC(=O)C1=C(C)NC(C)=C(C(=O)OC)C1c1ccccc1[N+](=O)[O-].O=C(O)C=CC(=O)O. The molecule has 0 saturated carbocycles. The zero-order valence-electron chi connectivity index (χ0n) is 30.5. The van der Waals surface area contributed by atoms with Gasteiger partial charge in [0.2, 0.25) is 0 Å². The number of benzene rings is 3. The fourth-order valence-electron chi connectivity index (χ4n) is 6.41. The minimum absolute atomic E-state index is 0.128. The number of nitro benzene ring substituents is 1. The number of likely N-dealkylation sites (tertiary alicyclic amines) is 1. The number of hydrogen-bond acceptors (Lipinski definition) is 11. The molecule has 0 amide bonds. The Labute approximate surface area is 316 Å². The molecule has 0 unspecified atom stereocenters. The molecule has 3 aliphatic rings. The van der Waals surface area contributed by atoms with Crippen LogP contribution in [0.5, 0.6) is 0 Å². The monoisotopic (exact) mass is 755 g/mol. The number of allylic oxidation sites excluding steroid dienone is 2. The number of carboxylic acids is 2. The number of carbonyl (C=O) groups is 4. The van der Waals surface area contributed by atoms with E-state index in [0.717, 1.165) is 0 Å². The van der Waals surface area contributed by atoms with Gasteiger partial charge in [-0.15, -0.1) is 0 Å². The number of dihydropyridines is 1. The van der Waals surface area contributed by atoms with E-state index < -0.39 is 34.7 Å². The Balaban J connectivity index is 0.000000202. The predicted molar refractivity (Wildman–Crippen MR) is 203 cm³/mol. The second-order valence-electron chi connectivity index (χ2n) is 12.3. The van der Waals surface area contributed by atoms with Crippen LogP contribution in [0.3, 0.4) is 0 Å². The maximum Gasteiger partial charge on any atom is 0.336 e. The first kappa shape index (κ1) is 40.8. The lowest BCUT2D eigenvalue weighted by molar-refractivity contribution is -0.385. The minimum atomic E-state index is -1.26. The van der Waals surface area contributed by atoms with Gasteiger partial charge in [0.15, 0.2) is 0 Å². The van der Waals surface area contributed by atoms with Crippen LogP contribution in [0.15, 0.2) is 123 Å². The Kier molecular flexibility index (Phi) is 14.1. The molecule has 3 aliphatic heterocycles. The summed E-state index contributed by atoms with van der Waals surface area (Å²) in [6.07, 6.45) is 3.50. The van der Waals surface area contributed by atoms with Crippen molar-refractivity contribution in [2.75, 3.05) is 34.4 Å². The van der Waals surface area contributed by atoms with Crippen molar-refractivity contribution < 1.29 is 43.8 Å². The fraction of sp³-hybridized carbons (Fsp3) is 0.250. The van der Waals surface area contributed by atoms with E-state index in [1.54, 1.807) is 25.5 Å². The molecule has 6 rings (SSSR count). The van der Waals surface area contributed by atoms with Crippen LogP contribution in [0.25, 0.3) is 5.57 Å². The first-order valence-corrected chi connectivity index (χ1v) is 17.6. The number of fused-ring (bicyclic) bond motifs is 2. The largest absolute Gasteiger partial charge is 0.478 e. The number of nitrogens with zero attached hydrogens (tertiary/aromatic N) is 2. The molecular weight excluding hydrogens is 715 g/mol. The highest BCUT2D eigenvalue weighted by Crippen LogP contribution is 2.47. The van der Waals surface area contributed by atoms with Gasteiger partial charge in [-0.1, -0.05) is 71.9 Å². The van der Waals surface area contributed by atoms with E-state index in [-0.39, 0.29) is 22.4 Å². The third-order valence-corrected chi connectivity index (χ3v) is 10.0. The van der Waals surface area contributed by atoms with E-state index in [0.29, 0.717) is 23.5 Å². The first-order valence-electron chi connectivity index (χ1n) is 16.8. The number of nitro groups is 1. The van der Waals surface area contributed by atoms with Gasteiger partial charge in [0, 0.05) is 58.1 Å². The lowest BCUT2D eigenvalue weighted by Gasteiger charge is -2.30. The lowest BCUT2D eigenvalue weighted by atomic mass is 9.79. The van der Waals surface area contributed by atoms with Crippen molar-refractivity contribution in [3.05, 3.63) is 140 Å². The number of methoxy groups -OCH3 is 2. The molecule has 0 aromatic heterocycles. The van der Waals surface area contributed by atoms with Gasteiger partial charge in [0.1, 0.15) is 0 Å². The van der Waals surface area contributed by atoms with E-state index in [2.05, 4.69) is 65.8 Å². The van der Waals surface area contributed by atoms with Crippen LogP contribution in [0.4, 0.5) is 5.69 Å². The third kappa shape index (κ3) is 9.70. The number of ether oxygens (including phenoxy) is 2. The molecule has 54 heavy (non-hydrogen) atoms. The summed E-state index contributed by atoms with van der Waals surface area (Å²) >= 11 is 1.91. The highest BCUT2D eigenvalue weighted by molar-refractivity contribution is 7.99. The average molecular weight is 756 g/mol. The number of nitrogens with one attached hydrogen (secondary N) is 1. The number of carboxylic acid groups (broad SMARTS) is 2. The average Bonchev–Trinajstić information content (AvgIpc) is 3.16. The molecule has 0 atom stereocenters. The Bertz CT molecular complexity index is 1970. The van der Waals surface area contributed by atoms with Gasteiger partial charge >= 0.3 is 23.9 Å². The van der Waals surface area contributed by atoms with Gasteiger partial charge in [-0.25, -0.2) is 19.2 Å². The number of piperidine rings is 1. The third-order valence-electron chi connectivity index (χ3n) is 8.86. The van der Waals surface area contributed by atoms with Gasteiger partial charge in [-0.3, -0.25) is 10.1 Å². The van der Waals surface area contributed by atoms with Crippen LogP contribution in [-0.2, 0) is 28.7 Å². The standard InChI is InChI=1S/C19H19NS.C17H18N2O6.C4H4O4/c1-20-12-10-14(11-13-20)19-15-6-2-4-8-17(15)21-18-9-5-3-7-16(18)19;1-9-13(16(20)24-3)15(14(10(2)18-9)17(21)25-4)11-7-5-6-8-12(11)19(22)23;5-3(6)1-2-4(7)8/h2-9H,10-13H2,1H3;5-8,15,18H,1-4H3;1-2H,(H,5,6)(H,7,8). The van der Waals surface area contributed by atoms with Crippen molar-refractivity contribution >= 4 is 46.9 Å². The molecule has 3 heterocycles. The summed E-state index contributed by atoms with van der Waals surface area (Å²) in [5.74, 6) is -4.84. The maximum absolute atomic E-state index is 12.3. The molecule has 14 heteroatoms. The van der Waals surface area contributed by atoms with E-state index >= 15 is 0 Å². The molecule has 1 saturated heterocycles. The first-order chi connectivity index (χ1) is 25.8. The smallest absolute Gasteiger partial charge is 0.336 e. The Morgan fingerprint density at radius 2 is 1.24 bits per heavy atom. The fourth-order valence-corrected chi connectivity index (χ4v) is 7.50. The molecule has 3 aromatic carbocycles. The van der Waals surface area contributed by atoms with Gasteiger partial charge in [-0.05, 0) is 62.6 Å². The molecular formula is C40H41N3O10S. The van der Waals surface area contributed by atoms with Gasteiger partial charge in [-0.2, -0.15) is 0 Å². The summed E-state index contributed by atoms with van der Waals surface area (Å²) in [6, 6.07) is 23.7. The Morgan fingerprint density at radius 3 is 1.69 bits per heavy atom. The Morgan fingerprint density at radius 1 is 0.796 bits per heavy atom. The lowest BCUT2D eigenvalue weighted by Crippen LogP contribution is -2.32. The topological polar surface area (TPSA) is 186 Å². The number of aliphatic carboxylic acids is 2. The van der Waals surface area contributed by atoms with Crippen LogP contribution in [0.1, 0.15) is 49.3 Å². The van der Waals surface area contributed by atoms with Crippen LogP contribution < -0.4 is 5.32 Å². The van der Waals surface area contributed by atoms with Crippen LogP contribution in [0, 0.1) is 10.1 Å². The molecule has 0 aliphatic carbocycles.